The van der Waals surface area contributed by atoms with Crippen molar-refractivity contribution in [3.63, 3.8) is 0 Å². The minimum Gasteiger partial charge on any atom is -0.461 e. The first-order chi connectivity index (χ1) is 14.8. The lowest BCUT2D eigenvalue weighted by molar-refractivity contribution is -0.120. The Labute approximate surface area is 178 Å². The second kappa shape index (κ2) is 8.13. The maximum Gasteiger partial charge on any atom is 0.227 e. The van der Waals surface area contributed by atoms with Gasteiger partial charge in [-0.2, -0.15) is 0 Å². The molecule has 148 valence electrons. The fourth-order valence-corrected chi connectivity index (χ4v) is 4.48. The number of hydrogen-bond donors (Lipinski definition) is 1. The van der Waals surface area contributed by atoms with Crippen molar-refractivity contribution in [2.45, 2.75) is 12.8 Å². The highest BCUT2D eigenvalue weighted by Crippen LogP contribution is 2.28. The zero-order valence-electron chi connectivity index (χ0n) is 16.3. The quantitative estimate of drug-likeness (QED) is 0.394. The summed E-state index contributed by atoms with van der Waals surface area (Å²) in [4.78, 5) is 17.0. The lowest BCUT2D eigenvalue weighted by atomic mass is 10.1. The van der Waals surface area contributed by atoms with Crippen LogP contribution in [0.4, 0.5) is 0 Å². The van der Waals surface area contributed by atoms with Crippen LogP contribution in [0.15, 0.2) is 82.6 Å². The van der Waals surface area contributed by atoms with E-state index in [1.165, 1.54) is 5.39 Å². The standard InChI is InChI=1S/C25H20N2O2S/c28-24(26-13-12-19-16-30-25(27-19)18-7-2-1-3-8-18)15-20-14-22-21-9-5-4-6-17(21)10-11-23(22)29-20/h1-11,14,16H,12-13,15H2,(H,26,28). The Hall–Kier alpha value is -3.44. The minimum atomic E-state index is -0.0446. The number of thiazole rings is 1. The number of carbonyl (C=O) groups excluding carboxylic acids is 1. The Kier molecular flexibility index (Phi) is 5.03. The van der Waals surface area contributed by atoms with Gasteiger partial charge in [-0.1, -0.05) is 60.7 Å². The molecule has 0 aliphatic rings. The highest BCUT2D eigenvalue weighted by atomic mass is 32.1. The molecule has 1 amide bonds. The van der Waals surface area contributed by atoms with Crippen molar-refractivity contribution in [1.29, 1.82) is 0 Å². The summed E-state index contributed by atoms with van der Waals surface area (Å²) in [5.74, 6) is 0.635. The normalized spacial score (nSPS) is 11.2. The number of carbonyl (C=O) groups is 1. The van der Waals surface area contributed by atoms with E-state index >= 15 is 0 Å². The van der Waals surface area contributed by atoms with Crippen LogP contribution in [0, 0.1) is 0 Å². The second-order valence-corrected chi connectivity index (χ2v) is 8.06. The minimum absolute atomic E-state index is 0.0446. The molecule has 0 aliphatic heterocycles. The Morgan fingerprint density at radius 1 is 0.967 bits per heavy atom. The Bertz CT molecular complexity index is 1320. The molecule has 0 bridgehead atoms. The van der Waals surface area contributed by atoms with Crippen LogP contribution in [0.3, 0.4) is 0 Å². The number of nitrogens with one attached hydrogen (secondary N) is 1. The maximum absolute atomic E-state index is 12.4. The molecular formula is C25H20N2O2S. The average molecular weight is 413 g/mol. The van der Waals surface area contributed by atoms with Gasteiger partial charge in [0.05, 0.1) is 12.1 Å². The van der Waals surface area contributed by atoms with Crippen LogP contribution in [-0.2, 0) is 17.6 Å². The number of rotatable bonds is 6. The molecular weight excluding hydrogens is 392 g/mol. The van der Waals surface area contributed by atoms with Crippen molar-refractivity contribution < 1.29 is 9.21 Å². The summed E-state index contributed by atoms with van der Waals surface area (Å²) in [5, 5.41) is 9.39. The van der Waals surface area contributed by atoms with E-state index in [0.29, 0.717) is 18.7 Å². The molecule has 3 aromatic carbocycles. The van der Waals surface area contributed by atoms with Gasteiger partial charge in [0.1, 0.15) is 16.4 Å². The molecule has 30 heavy (non-hydrogen) atoms. The van der Waals surface area contributed by atoms with Gasteiger partial charge in [0, 0.05) is 29.3 Å². The predicted molar refractivity (Wildman–Crippen MR) is 122 cm³/mol. The Morgan fingerprint density at radius 2 is 1.80 bits per heavy atom. The van der Waals surface area contributed by atoms with Crippen molar-refractivity contribution in [3.05, 3.63) is 89.6 Å². The number of hydrogen-bond acceptors (Lipinski definition) is 4. The molecule has 2 heterocycles. The molecule has 0 aliphatic carbocycles. The fraction of sp³-hybridized carbons (Fsp3) is 0.120. The van der Waals surface area contributed by atoms with Crippen LogP contribution in [0.25, 0.3) is 32.3 Å². The van der Waals surface area contributed by atoms with Crippen LogP contribution < -0.4 is 5.32 Å². The van der Waals surface area contributed by atoms with Crippen LogP contribution in [-0.4, -0.2) is 17.4 Å². The van der Waals surface area contributed by atoms with E-state index in [-0.39, 0.29) is 12.3 Å². The summed E-state index contributed by atoms with van der Waals surface area (Å²) in [7, 11) is 0. The number of benzene rings is 3. The molecule has 0 fully saturated rings. The third-order valence-corrected chi connectivity index (χ3v) is 6.03. The first kappa shape index (κ1) is 18.6. The highest BCUT2D eigenvalue weighted by molar-refractivity contribution is 7.13. The van der Waals surface area contributed by atoms with E-state index in [1.807, 2.05) is 48.5 Å². The van der Waals surface area contributed by atoms with Crippen molar-refractivity contribution >= 4 is 39.0 Å². The van der Waals surface area contributed by atoms with Gasteiger partial charge in [-0.15, -0.1) is 11.3 Å². The summed E-state index contributed by atoms with van der Waals surface area (Å²) < 4.78 is 5.89. The van der Waals surface area contributed by atoms with Crippen molar-refractivity contribution in [3.8, 4) is 10.6 Å². The zero-order valence-corrected chi connectivity index (χ0v) is 17.1. The molecule has 5 aromatic rings. The van der Waals surface area contributed by atoms with Gasteiger partial charge >= 0.3 is 0 Å². The lowest BCUT2D eigenvalue weighted by Crippen LogP contribution is -2.27. The van der Waals surface area contributed by atoms with Crippen LogP contribution in [0.1, 0.15) is 11.5 Å². The molecule has 0 unspecified atom stereocenters. The third kappa shape index (κ3) is 3.84. The predicted octanol–water partition coefficient (Wildman–Crippen LogP) is 5.61. The van der Waals surface area contributed by atoms with Gasteiger partial charge in [-0.05, 0) is 22.9 Å². The van der Waals surface area contributed by atoms with Gasteiger partial charge in [-0.3, -0.25) is 4.79 Å². The number of nitrogens with zero attached hydrogens (tertiary/aromatic N) is 1. The molecule has 2 aromatic heterocycles. The first-order valence-corrected chi connectivity index (χ1v) is 10.8. The number of amides is 1. The van der Waals surface area contributed by atoms with Crippen molar-refractivity contribution in [2.75, 3.05) is 6.54 Å². The largest absolute Gasteiger partial charge is 0.461 e. The van der Waals surface area contributed by atoms with Gasteiger partial charge in [-0.25, -0.2) is 4.98 Å². The number of aromatic nitrogens is 1. The van der Waals surface area contributed by atoms with Gasteiger partial charge in [0.15, 0.2) is 0 Å². The molecule has 5 rings (SSSR count). The van der Waals surface area contributed by atoms with Gasteiger partial charge < -0.3 is 9.73 Å². The topological polar surface area (TPSA) is 55.1 Å². The summed E-state index contributed by atoms with van der Waals surface area (Å²) in [6.07, 6.45) is 0.940. The number of furan rings is 1. The van der Waals surface area contributed by atoms with Gasteiger partial charge in [0.25, 0.3) is 0 Å². The third-order valence-electron chi connectivity index (χ3n) is 5.09. The first-order valence-electron chi connectivity index (χ1n) is 9.93. The van der Waals surface area contributed by atoms with E-state index in [1.54, 1.807) is 11.3 Å². The van der Waals surface area contributed by atoms with Crippen molar-refractivity contribution in [1.82, 2.24) is 10.3 Å². The van der Waals surface area contributed by atoms with E-state index in [0.717, 1.165) is 32.6 Å². The van der Waals surface area contributed by atoms with Crippen LogP contribution in [0.2, 0.25) is 0 Å². The fourth-order valence-electron chi connectivity index (χ4n) is 3.62. The Morgan fingerprint density at radius 3 is 2.70 bits per heavy atom. The summed E-state index contributed by atoms with van der Waals surface area (Å²) in [6.45, 7) is 0.556. The molecule has 0 spiro atoms. The zero-order chi connectivity index (χ0) is 20.3. The average Bonchev–Trinajstić information content (AvgIpc) is 3.41. The van der Waals surface area contributed by atoms with E-state index in [9.17, 15) is 4.79 Å². The molecule has 0 saturated carbocycles. The molecule has 0 radical (unpaired) electrons. The molecule has 0 saturated heterocycles. The Balaban J connectivity index is 1.20. The maximum atomic E-state index is 12.4. The molecule has 5 heteroatoms. The van der Waals surface area contributed by atoms with E-state index < -0.39 is 0 Å². The summed E-state index contributed by atoms with van der Waals surface area (Å²) in [6, 6.07) is 24.3. The van der Waals surface area contributed by atoms with E-state index in [2.05, 4.69) is 39.9 Å². The van der Waals surface area contributed by atoms with Crippen LogP contribution >= 0.6 is 11.3 Å². The smallest absolute Gasteiger partial charge is 0.227 e. The number of fused-ring (bicyclic) bond motifs is 3. The lowest BCUT2D eigenvalue weighted by Gasteiger charge is -2.02. The van der Waals surface area contributed by atoms with Crippen molar-refractivity contribution in [2.24, 2.45) is 0 Å². The molecule has 1 N–H and O–H groups in total. The monoisotopic (exact) mass is 412 g/mol. The molecule has 0 atom stereocenters. The SMILES string of the molecule is O=C(Cc1cc2c(ccc3ccccc32)o1)NCCc1csc(-c2ccccc2)n1. The second-order valence-electron chi connectivity index (χ2n) is 7.20. The van der Waals surface area contributed by atoms with Crippen LogP contribution in [0.5, 0.6) is 0 Å². The summed E-state index contributed by atoms with van der Waals surface area (Å²) >= 11 is 1.63. The molecule has 4 nitrogen and oxygen atoms in total. The van der Waals surface area contributed by atoms with Gasteiger partial charge in [0.2, 0.25) is 5.91 Å². The van der Waals surface area contributed by atoms with E-state index in [4.69, 9.17) is 4.42 Å². The summed E-state index contributed by atoms with van der Waals surface area (Å²) in [5.41, 5.74) is 2.93. The highest BCUT2D eigenvalue weighted by Gasteiger charge is 2.11.